The average molecular weight is 595 g/mol. The van der Waals surface area contributed by atoms with Crippen LogP contribution in [-0.2, 0) is 0 Å². The van der Waals surface area contributed by atoms with E-state index in [1.165, 1.54) is 0 Å². The van der Waals surface area contributed by atoms with Gasteiger partial charge in [-0.15, -0.1) is 0 Å². The Hall–Kier alpha value is -6.09. The van der Waals surface area contributed by atoms with Gasteiger partial charge >= 0.3 is 0 Å². The first-order valence-electron chi connectivity index (χ1n) is 14.4. The zero-order valence-corrected chi connectivity index (χ0v) is 25.0. The molecule has 6 aromatic heterocycles. The molecule has 0 unspecified atom stereocenters. The first-order chi connectivity index (χ1) is 22.2. The number of fused-ring (bicyclic) bond motifs is 9. The number of hydrogen-bond acceptors (Lipinski definition) is 6. The van der Waals surface area contributed by atoms with E-state index < -0.39 is 0 Å². The Labute approximate surface area is 258 Å². The molecule has 0 aliphatic carbocycles. The summed E-state index contributed by atoms with van der Waals surface area (Å²) >= 11 is 0. The fourth-order valence-corrected chi connectivity index (χ4v) is 5.58. The van der Waals surface area contributed by atoms with Crippen LogP contribution in [0.1, 0.15) is 0 Å². The molecule has 6 heterocycles. The van der Waals surface area contributed by atoms with E-state index in [1.54, 1.807) is 21.3 Å². The van der Waals surface area contributed by atoms with E-state index in [2.05, 4.69) is 33.5 Å². The van der Waals surface area contributed by atoms with E-state index in [0.29, 0.717) is 0 Å². The fourth-order valence-electron chi connectivity index (χ4n) is 5.58. The topological polar surface area (TPSA) is 79.6 Å². The zero-order valence-electron chi connectivity index (χ0n) is 25.0. The van der Waals surface area contributed by atoms with Crippen molar-refractivity contribution in [3.63, 3.8) is 0 Å². The first-order valence-corrected chi connectivity index (χ1v) is 14.4. The number of pyridine rings is 3. The summed E-state index contributed by atoms with van der Waals surface area (Å²) in [6.07, 6.45) is 5.79. The molecule has 9 nitrogen and oxygen atoms in total. The van der Waals surface area contributed by atoms with Crippen LogP contribution >= 0.6 is 0 Å². The summed E-state index contributed by atoms with van der Waals surface area (Å²) in [5, 5.41) is 16.7. The smallest absolute Gasteiger partial charge is 0.145 e. The molecule has 0 spiro atoms. The molecule has 0 atom stereocenters. The SMILES string of the molecule is COc1cccn2nc3ccccc3c12.COc1cccn2nc3ccccc3c12.COc1cccn2nc3ccccc3c12. The van der Waals surface area contributed by atoms with Gasteiger partial charge in [-0.1, -0.05) is 54.6 Å². The van der Waals surface area contributed by atoms with E-state index in [-0.39, 0.29) is 0 Å². The Kier molecular flexibility index (Phi) is 7.33. The molecule has 222 valence electrons. The quantitative estimate of drug-likeness (QED) is 0.211. The molecule has 0 saturated heterocycles. The van der Waals surface area contributed by atoms with Gasteiger partial charge in [0.2, 0.25) is 0 Å². The van der Waals surface area contributed by atoms with Crippen molar-refractivity contribution in [1.82, 2.24) is 28.8 Å². The molecule has 0 bridgehead atoms. The van der Waals surface area contributed by atoms with Crippen LogP contribution in [0, 0.1) is 0 Å². The largest absolute Gasteiger partial charge is 0.494 e. The molecule has 9 heteroatoms. The lowest BCUT2D eigenvalue weighted by Crippen LogP contribution is -1.89. The highest BCUT2D eigenvalue weighted by Gasteiger charge is 2.10. The number of benzene rings is 3. The van der Waals surface area contributed by atoms with Gasteiger partial charge in [-0.2, -0.15) is 15.3 Å². The van der Waals surface area contributed by atoms with Gasteiger partial charge in [-0.3, -0.25) is 0 Å². The Morgan fingerprint density at radius 2 is 0.667 bits per heavy atom. The Bertz CT molecular complexity index is 2150. The van der Waals surface area contributed by atoms with Gasteiger partial charge in [0.15, 0.2) is 0 Å². The highest BCUT2D eigenvalue weighted by Crippen LogP contribution is 2.29. The van der Waals surface area contributed by atoms with Gasteiger partial charge < -0.3 is 14.2 Å². The van der Waals surface area contributed by atoms with Crippen molar-refractivity contribution in [1.29, 1.82) is 0 Å². The lowest BCUT2D eigenvalue weighted by atomic mass is 10.2. The Balaban J connectivity index is 0.000000108. The minimum atomic E-state index is 0.853. The summed E-state index contributed by atoms with van der Waals surface area (Å²) in [5.41, 5.74) is 6.04. The van der Waals surface area contributed by atoms with Crippen molar-refractivity contribution in [2.75, 3.05) is 21.3 Å². The number of nitrogens with zero attached hydrogens (tertiary/aromatic N) is 6. The van der Waals surface area contributed by atoms with Gasteiger partial charge in [0, 0.05) is 34.7 Å². The summed E-state index contributed by atoms with van der Waals surface area (Å²) in [7, 11) is 5.03. The second-order valence-electron chi connectivity index (χ2n) is 10.2. The molecule has 0 saturated carbocycles. The van der Waals surface area contributed by atoms with E-state index in [9.17, 15) is 0 Å². The van der Waals surface area contributed by atoms with Crippen LogP contribution in [-0.4, -0.2) is 50.2 Å². The normalized spacial score (nSPS) is 11.0. The zero-order chi connectivity index (χ0) is 30.8. The third-order valence-electron chi connectivity index (χ3n) is 7.60. The maximum absolute atomic E-state index is 5.33. The molecule has 0 radical (unpaired) electrons. The van der Waals surface area contributed by atoms with Gasteiger partial charge in [-0.05, 0) is 54.6 Å². The van der Waals surface area contributed by atoms with E-state index in [4.69, 9.17) is 14.2 Å². The second-order valence-corrected chi connectivity index (χ2v) is 10.2. The van der Waals surface area contributed by atoms with Gasteiger partial charge in [0.1, 0.15) is 33.8 Å². The predicted molar refractivity (Wildman–Crippen MR) is 178 cm³/mol. The molecule has 0 aliphatic rings. The number of ether oxygens (including phenoxy) is 3. The maximum Gasteiger partial charge on any atom is 0.145 e. The van der Waals surface area contributed by atoms with Gasteiger partial charge in [-0.25, -0.2) is 13.5 Å². The minimum absolute atomic E-state index is 0.853. The molecule has 0 amide bonds. The van der Waals surface area contributed by atoms with Crippen LogP contribution in [0.2, 0.25) is 0 Å². The Morgan fingerprint density at radius 1 is 0.378 bits per heavy atom. The van der Waals surface area contributed by atoms with Crippen LogP contribution in [0.4, 0.5) is 0 Å². The standard InChI is InChI=1S/3C12H10N2O/c3*1-15-11-7-4-8-14-12(11)9-5-2-3-6-10(9)13-14/h3*2-8H,1H3. The van der Waals surface area contributed by atoms with Gasteiger partial charge in [0.25, 0.3) is 0 Å². The maximum atomic E-state index is 5.33. The molecular formula is C36H30N6O3. The first kappa shape index (κ1) is 27.7. The van der Waals surface area contributed by atoms with Crippen LogP contribution in [0.3, 0.4) is 0 Å². The second kappa shape index (κ2) is 11.9. The molecule has 9 rings (SSSR count). The van der Waals surface area contributed by atoms with E-state index >= 15 is 0 Å². The van der Waals surface area contributed by atoms with Crippen LogP contribution in [0.5, 0.6) is 17.2 Å². The van der Waals surface area contributed by atoms with Crippen LogP contribution in [0.15, 0.2) is 128 Å². The molecular weight excluding hydrogens is 564 g/mol. The molecule has 45 heavy (non-hydrogen) atoms. The monoisotopic (exact) mass is 594 g/mol. The van der Waals surface area contributed by atoms with E-state index in [1.807, 2.05) is 123 Å². The molecule has 0 fully saturated rings. The summed E-state index contributed by atoms with van der Waals surface area (Å²) in [6.45, 7) is 0. The Morgan fingerprint density at radius 3 is 0.956 bits per heavy atom. The predicted octanol–water partition coefficient (Wildman–Crippen LogP) is 7.49. The van der Waals surface area contributed by atoms with Crippen LogP contribution < -0.4 is 14.2 Å². The fraction of sp³-hybridized carbons (Fsp3) is 0.0833. The number of hydrogen-bond donors (Lipinski definition) is 0. The highest BCUT2D eigenvalue weighted by atomic mass is 16.5. The third-order valence-corrected chi connectivity index (χ3v) is 7.60. The highest BCUT2D eigenvalue weighted by molar-refractivity contribution is 5.98. The minimum Gasteiger partial charge on any atom is -0.494 e. The van der Waals surface area contributed by atoms with Crippen molar-refractivity contribution in [2.45, 2.75) is 0 Å². The lowest BCUT2D eigenvalue weighted by molar-refractivity contribution is 0.417. The molecule has 9 aromatic rings. The summed E-state index contributed by atoms with van der Waals surface area (Å²) in [4.78, 5) is 0. The lowest BCUT2D eigenvalue weighted by Gasteiger charge is -2.01. The molecule has 0 N–H and O–H groups in total. The summed E-state index contributed by atoms with van der Waals surface area (Å²) in [6, 6.07) is 35.8. The number of rotatable bonds is 3. The van der Waals surface area contributed by atoms with E-state index in [0.717, 1.165) is 66.5 Å². The van der Waals surface area contributed by atoms with Crippen LogP contribution in [0.25, 0.3) is 49.3 Å². The van der Waals surface area contributed by atoms with Crippen molar-refractivity contribution >= 4 is 49.3 Å². The van der Waals surface area contributed by atoms with Crippen molar-refractivity contribution < 1.29 is 14.2 Å². The third kappa shape index (κ3) is 5.00. The van der Waals surface area contributed by atoms with Gasteiger partial charge in [0.05, 0.1) is 37.9 Å². The molecule has 0 aliphatic heterocycles. The number of methoxy groups -OCH3 is 3. The van der Waals surface area contributed by atoms with Crippen molar-refractivity contribution in [3.05, 3.63) is 128 Å². The summed E-state index contributed by atoms with van der Waals surface area (Å²) < 4.78 is 21.6. The average Bonchev–Trinajstić information content (AvgIpc) is 3.79. The van der Waals surface area contributed by atoms with Crippen molar-refractivity contribution in [3.8, 4) is 17.2 Å². The number of aromatic nitrogens is 6. The van der Waals surface area contributed by atoms with Crippen molar-refractivity contribution in [2.24, 2.45) is 0 Å². The molecule has 3 aromatic carbocycles. The summed E-state index contributed by atoms with van der Waals surface area (Å²) in [5.74, 6) is 2.56.